The lowest BCUT2D eigenvalue weighted by Gasteiger charge is -2.33. The molecule has 0 radical (unpaired) electrons. The maximum absolute atomic E-state index is 11.6. The molecule has 100 valence electrons. The van der Waals surface area contributed by atoms with Crippen LogP contribution in [0.3, 0.4) is 0 Å². The Morgan fingerprint density at radius 3 is 2.18 bits per heavy atom. The van der Waals surface area contributed by atoms with Gasteiger partial charge >= 0.3 is 5.97 Å². The van der Waals surface area contributed by atoms with E-state index in [0.717, 1.165) is 19.3 Å². The van der Waals surface area contributed by atoms with Crippen LogP contribution in [-0.2, 0) is 4.79 Å². The summed E-state index contributed by atoms with van der Waals surface area (Å²) in [5.74, 6) is -0.0152. The monoisotopic (exact) mass is 240 g/mol. The Balaban J connectivity index is 5.21. The predicted octanol–water partition coefficient (Wildman–Crippen LogP) is 4.51. The first-order valence-electron chi connectivity index (χ1n) is 6.62. The lowest BCUT2D eigenvalue weighted by atomic mass is 9.70. The van der Waals surface area contributed by atoms with Crippen molar-refractivity contribution < 1.29 is 9.90 Å². The number of allylic oxidation sites excluding steroid dienone is 2. The van der Waals surface area contributed by atoms with Gasteiger partial charge in [-0.05, 0) is 45.4 Å². The van der Waals surface area contributed by atoms with Crippen molar-refractivity contribution >= 4 is 5.97 Å². The topological polar surface area (TPSA) is 37.3 Å². The Hall–Kier alpha value is -0.790. The van der Waals surface area contributed by atoms with Crippen molar-refractivity contribution in [2.45, 2.75) is 60.8 Å². The summed E-state index contributed by atoms with van der Waals surface area (Å²) in [5, 5.41) is 9.53. The van der Waals surface area contributed by atoms with Crippen molar-refractivity contribution in [1.82, 2.24) is 0 Å². The molecule has 17 heavy (non-hydrogen) atoms. The van der Waals surface area contributed by atoms with Crippen LogP contribution in [-0.4, -0.2) is 11.1 Å². The molecular weight excluding hydrogens is 212 g/mol. The first-order valence-corrected chi connectivity index (χ1v) is 6.62. The van der Waals surface area contributed by atoms with Gasteiger partial charge in [-0.1, -0.05) is 38.8 Å². The summed E-state index contributed by atoms with van der Waals surface area (Å²) in [7, 11) is 0. The van der Waals surface area contributed by atoms with Crippen LogP contribution in [0.1, 0.15) is 60.8 Å². The molecule has 0 saturated carbocycles. The average Bonchev–Trinajstić information content (AvgIpc) is 2.15. The summed E-state index contributed by atoms with van der Waals surface area (Å²) < 4.78 is 0. The van der Waals surface area contributed by atoms with E-state index in [4.69, 9.17) is 0 Å². The quantitative estimate of drug-likeness (QED) is 0.665. The zero-order valence-corrected chi connectivity index (χ0v) is 12.2. The minimum absolute atomic E-state index is 0.130. The maximum atomic E-state index is 11.6. The Kier molecular flexibility index (Phi) is 6.51. The Morgan fingerprint density at radius 2 is 1.88 bits per heavy atom. The van der Waals surface area contributed by atoms with Crippen molar-refractivity contribution in [2.75, 3.05) is 0 Å². The van der Waals surface area contributed by atoms with Gasteiger partial charge in [0.2, 0.25) is 0 Å². The smallest absolute Gasteiger partial charge is 0.309 e. The summed E-state index contributed by atoms with van der Waals surface area (Å²) in [6.07, 6.45) is 4.73. The minimum Gasteiger partial charge on any atom is -0.481 e. The zero-order valence-electron chi connectivity index (χ0n) is 12.2. The van der Waals surface area contributed by atoms with Crippen LogP contribution in [0, 0.1) is 17.3 Å². The fourth-order valence-electron chi connectivity index (χ4n) is 2.39. The fourth-order valence-corrected chi connectivity index (χ4v) is 2.39. The highest BCUT2D eigenvalue weighted by atomic mass is 16.4. The molecule has 0 aliphatic heterocycles. The van der Waals surface area contributed by atoms with Crippen LogP contribution in [0.15, 0.2) is 11.6 Å². The summed E-state index contributed by atoms with van der Waals surface area (Å²) in [4.78, 5) is 11.6. The molecule has 2 unspecified atom stereocenters. The van der Waals surface area contributed by atoms with Gasteiger partial charge in [-0.3, -0.25) is 4.79 Å². The van der Waals surface area contributed by atoms with Crippen LogP contribution in [0.5, 0.6) is 0 Å². The highest BCUT2D eigenvalue weighted by Crippen LogP contribution is 2.38. The molecule has 0 aromatic rings. The van der Waals surface area contributed by atoms with E-state index in [-0.39, 0.29) is 5.92 Å². The van der Waals surface area contributed by atoms with Gasteiger partial charge in [0.25, 0.3) is 0 Å². The van der Waals surface area contributed by atoms with Gasteiger partial charge in [0.15, 0.2) is 0 Å². The molecule has 0 fully saturated rings. The highest BCUT2D eigenvalue weighted by molar-refractivity contribution is 5.75. The number of carboxylic acid groups (broad SMARTS) is 1. The van der Waals surface area contributed by atoms with Crippen LogP contribution >= 0.6 is 0 Å². The number of carboxylic acids is 1. The Labute approximate surface area is 106 Å². The standard InChI is InChI=1S/C15H28O2/c1-7-8-15(6,14(16)17)13(9-11(2)3)10-12(4)5/h9,12-13H,7-8,10H2,1-6H3,(H,16,17). The largest absolute Gasteiger partial charge is 0.481 e. The van der Waals surface area contributed by atoms with E-state index in [9.17, 15) is 9.90 Å². The van der Waals surface area contributed by atoms with Gasteiger partial charge in [0.05, 0.1) is 5.41 Å². The first-order chi connectivity index (χ1) is 7.74. The van der Waals surface area contributed by atoms with Crippen LogP contribution in [0.25, 0.3) is 0 Å². The summed E-state index contributed by atoms with van der Waals surface area (Å²) in [6.45, 7) is 12.3. The summed E-state index contributed by atoms with van der Waals surface area (Å²) >= 11 is 0. The van der Waals surface area contributed by atoms with Crippen molar-refractivity contribution in [2.24, 2.45) is 17.3 Å². The third kappa shape index (κ3) is 4.93. The third-order valence-corrected chi connectivity index (χ3v) is 3.34. The second-order valence-corrected chi connectivity index (χ2v) is 5.95. The zero-order chi connectivity index (χ0) is 13.6. The molecule has 0 spiro atoms. The van der Waals surface area contributed by atoms with E-state index >= 15 is 0 Å². The summed E-state index contributed by atoms with van der Waals surface area (Å²) in [6, 6.07) is 0. The lowest BCUT2D eigenvalue weighted by molar-refractivity contribution is -0.151. The van der Waals surface area contributed by atoms with Gasteiger partial charge in [-0.2, -0.15) is 0 Å². The Bertz CT molecular complexity index is 275. The minimum atomic E-state index is -0.664. The molecule has 0 aromatic heterocycles. The van der Waals surface area contributed by atoms with Crippen molar-refractivity contribution in [3.05, 3.63) is 11.6 Å². The van der Waals surface area contributed by atoms with Crippen molar-refractivity contribution in [3.8, 4) is 0 Å². The maximum Gasteiger partial charge on any atom is 0.309 e. The molecule has 0 aromatic carbocycles. The fraction of sp³-hybridized carbons (Fsp3) is 0.800. The lowest BCUT2D eigenvalue weighted by Crippen LogP contribution is -2.36. The highest BCUT2D eigenvalue weighted by Gasteiger charge is 2.39. The van der Waals surface area contributed by atoms with Crippen LogP contribution in [0.4, 0.5) is 0 Å². The number of hydrogen-bond donors (Lipinski definition) is 1. The molecule has 0 amide bonds. The molecule has 0 aliphatic carbocycles. The molecular formula is C15H28O2. The van der Waals surface area contributed by atoms with E-state index in [1.165, 1.54) is 5.57 Å². The predicted molar refractivity (Wildman–Crippen MR) is 73.0 cm³/mol. The number of hydrogen-bond acceptors (Lipinski definition) is 1. The Morgan fingerprint density at radius 1 is 1.35 bits per heavy atom. The number of carbonyl (C=O) groups is 1. The molecule has 2 atom stereocenters. The van der Waals surface area contributed by atoms with Gasteiger partial charge in [0.1, 0.15) is 0 Å². The van der Waals surface area contributed by atoms with Gasteiger partial charge in [0, 0.05) is 0 Å². The molecule has 0 bridgehead atoms. The van der Waals surface area contributed by atoms with E-state index in [0.29, 0.717) is 5.92 Å². The molecule has 0 heterocycles. The number of rotatable bonds is 7. The SMILES string of the molecule is CCCC(C)(C(=O)O)C(C=C(C)C)CC(C)C. The van der Waals surface area contributed by atoms with Gasteiger partial charge < -0.3 is 5.11 Å². The van der Waals surface area contributed by atoms with E-state index < -0.39 is 11.4 Å². The summed E-state index contributed by atoms with van der Waals surface area (Å²) in [5.41, 5.74) is 0.579. The molecule has 0 saturated heterocycles. The normalized spacial score (nSPS) is 16.4. The average molecular weight is 240 g/mol. The van der Waals surface area contributed by atoms with Crippen molar-refractivity contribution in [1.29, 1.82) is 0 Å². The molecule has 0 rings (SSSR count). The van der Waals surface area contributed by atoms with Crippen LogP contribution in [0.2, 0.25) is 0 Å². The molecule has 0 aliphatic rings. The third-order valence-electron chi connectivity index (χ3n) is 3.34. The number of aliphatic carboxylic acids is 1. The van der Waals surface area contributed by atoms with Gasteiger partial charge in [-0.25, -0.2) is 0 Å². The first kappa shape index (κ1) is 16.2. The van der Waals surface area contributed by atoms with E-state index in [1.54, 1.807) is 0 Å². The van der Waals surface area contributed by atoms with E-state index in [1.807, 2.05) is 20.8 Å². The van der Waals surface area contributed by atoms with Crippen LogP contribution < -0.4 is 0 Å². The molecule has 2 heteroatoms. The second-order valence-electron chi connectivity index (χ2n) is 5.95. The van der Waals surface area contributed by atoms with Crippen molar-refractivity contribution in [3.63, 3.8) is 0 Å². The molecule has 2 nitrogen and oxygen atoms in total. The molecule has 1 N–H and O–H groups in total. The van der Waals surface area contributed by atoms with E-state index in [2.05, 4.69) is 26.8 Å². The van der Waals surface area contributed by atoms with Gasteiger partial charge in [-0.15, -0.1) is 0 Å². The second kappa shape index (κ2) is 6.83.